The smallest absolute Gasteiger partial charge is 0.200 e. The fourth-order valence-electron chi connectivity index (χ4n) is 2.09. The predicted octanol–water partition coefficient (Wildman–Crippen LogP) is 2.57. The second-order valence-electron chi connectivity index (χ2n) is 4.83. The zero-order chi connectivity index (χ0) is 15.1. The average molecular weight is 281 g/mol. The average Bonchev–Trinajstić information content (AvgIpc) is 2.50. The van der Waals surface area contributed by atoms with E-state index in [0.29, 0.717) is 22.9 Å². The molecule has 0 aliphatic carbocycles. The van der Waals surface area contributed by atoms with E-state index in [9.17, 15) is 5.26 Å². The summed E-state index contributed by atoms with van der Waals surface area (Å²) < 4.78 is 0. The molecule has 1 aliphatic heterocycles. The van der Waals surface area contributed by atoms with Crippen molar-refractivity contribution in [3.63, 3.8) is 0 Å². The lowest BCUT2D eigenvalue weighted by Crippen LogP contribution is -2.37. The largest absolute Gasteiger partial charge is 0.333 e. The van der Waals surface area contributed by atoms with Crippen molar-refractivity contribution in [2.75, 3.05) is 0 Å². The lowest BCUT2D eigenvalue weighted by atomic mass is 10.1. The van der Waals surface area contributed by atoms with Crippen molar-refractivity contribution in [3.8, 4) is 6.07 Å². The van der Waals surface area contributed by atoms with Gasteiger partial charge in [-0.25, -0.2) is 4.99 Å². The summed E-state index contributed by atoms with van der Waals surface area (Å²) in [6, 6.07) is 7.95. The van der Waals surface area contributed by atoms with Gasteiger partial charge in [-0.3, -0.25) is 4.98 Å². The lowest BCUT2D eigenvalue weighted by molar-refractivity contribution is 0.649. The van der Waals surface area contributed by atoms with Gasteiger partial charge >= 0.3 is 0 Å². The molecule has 2 N–H and O–H groups in total. The van der Waals surface area contributed by atoms with Crippen LogP contribution in [0.4, 0.5) is 0 Å². The number of nitrogens with zero attached hydrogens (tertiary/aromatic N) is 3. The van der Waals surface area contributed by atoms with Crippen LogP contribution >= 0.6 is 0 Å². The molecular formula is C16H19N5. The van der Waals surface area contributed by atoms with E-state index in [4.69, 9.17) is 0 Å². The van der Waals surface area contributed by atoms with E-state index in [1.165, 1.54) is 0 Å². The monoisotopic (exact) mass is 281 g/mol. The van der Waals surface area contributed by atoms with Crippen molar-refractivity contribution in [1.29, 1.82) is 5.26 Å². The highest BCUT2D eigenvalue weighted by Gasteiger charge is 2.13. The van der Waals surface area contributed by atoms with Gasteiger partial charge in [0.15, 0.2) is 5.96 Å². The highest BCUT2D eigenvalue weighted by atomic mass is 15.2. The third kappa shape index (κ3) is 3.93. The van der Waals surface area contributed by atoms with Gasteiger partial charge in [0.1, 0.15) is 11.6 Å². The molecule has 0 aromatic carbocycles. The maximum Gasteiger partial charge on any atom is 0.200 e. The molecule has 5 heteroatoms. The van der Waals surface area contributed by atoms with Gasteiger partial charge in [0.25, 0.3) is 0 Å². The van der Waals surface area contributed by atoms with Gasteiger partial charge in [-0.15, -0.1) is 0 Å². The summed E-state index contributed by atoms with van der Waals surface area (Å²) in [5, 5.41) is 15.6. The quantitative estimate of drug-likeness (QED) is 0.832. The van der Waals surface area contributed by atoms with Gasteiger partial charge < -0.3 is 10.6 Å². The Morgan fingerprint density at radius 1 is 1.48 bits per heavy atom. The van der Waals surface area contributed by atoms with E-state index in [-0.39, 0.29) is 6.04 Å². The second-order valence-corrected chi connectivity index (χ2v) is 4.83. The summed E-state index contributed by atoms with van der Waals surface area (Å²) in [6.07, 6.45) is 7.39. The molecule has 1 aromatic heterocycles. The summed E-state index contributed by atoms with van der Waals surface area (Å²) in [7, 11) is 0. The van der Waals surface area contributed by atoms with Crippen molar-refractivity contribution >= 4 is 11.5 Å². The SMILES string of the molecule is CCCC(C)N=C1NC=C/C(=C(/C#N)c2ccccn2)N1. The van der Waals surface area contributed by atoms with Crippen LogP contribution in [0.2, 0.25) is 0 Å². The van der Waals surface area contributed by atoms with Gasteiger partial charge in [0.2, 0.25) is 0 Å². The van der Waals surface area contributed by atoms with Crippen molar-refractivity contribution in [1.82, 2.24) is 15.6 Å². The van der Waals surface area contributed by atoms with E-state index >= 15 is 0 Å². The van der Waals surface area contributed by atoms with Crippen LogP contribution in [-0.4, -0.2) is 17.0 Å². The van der Waals surface area contributed by atoms with Gasteiger partial charge in [-0.1, -0.05) is 19.4 Å². The van der Waals surface area contributed by atoms with Gasteiger partial charge in [0, 0.05) is 12.4 Å². The molecule has 0 spiro atoms. The molecule has 21 heavy (non-hydrogen) atoms. The number of guanidine groups is 1. The molecule has 0 amide bonds. The molecule has 2 heterocycles. The van der Waals surface area contributed by atoms with Crippen LogP contribution in [0.5, 0.6) is 0 Å². The molecule has 2 rings (SSSR count). The molecule has 1 aromatic rings. The fourth-order valence-corrected chi connectivity index (χ4v) is 2.09. The number of allylic oxidation sites excluding steroid dienone is 2. The number of pyridine rings is 1. The summed E-state index contributed by atoms with van der Waals surface area (Å²) in [5.74, 6) is 0.664. The third-order valence-corrected chi connectivity index (χ3v) is 3.08. The number of aromatic nitrogens is 1. The third-order valence-electron chi connectivity index (χ3n) is 3.08. The topological polar surface area (TPSA) is 73.1 Å². The van der Waals surface area contributed by atoms with Crippen LogP contribution in [0.25, 0.3) is 5.57 Å². The first-order chi connectivity index (χ1) is 10.2. The van der Waals surface area contributed by atoms with E-state index in [2.05, 4.69) is 40.5 Å². The second kappa shape index (κ2) is 7.25. The number of aliphatic imine (C=N–C) groups is 1. The maximum atomic E-state index is 9.40. The fraction of sp³-hybridized carbons (Fsp3) is 0.312. The maximum absolute atomic E-state index is 9.40. The Morgan fingerprint density at radius 2 is 2.33 bits per heavy atom. The van der Waals surface area contributed by atoms with Crippen LogP contribution < -0.4 is 10.6 Å². The molecule has 0 fully saturated rings. The van der Waals surface area contributed by atoms with Crippen molar-refractivity contribution in [2.45, 2.75) is 32.7 Å². The Balaban J connectivity index is 2.28. The molecule has 0 saturated heterocycles. The molecule has 1 atom stereocenters. The first-order valence-corrected chi connectivity index (χ1v) is 7.08. The molecule has 5 nitrogen and oxygen atoms in total. The Kier molecular flexibility index (Phi) is 5.10. The minimum Gasteiger partial charge on any atom is -0.333 e. The molecular weight excluding hydrogens is 262 g/mol. The number of hydrogen-bond donors (Lipinski definition) is 2. The summed E-state index contributed by atoms with van der Waals surface area (Å²) in [5.41, 5.74) is 1.86. The van der Waals surface area contributed by atoms with Crippen LogP contribution in [0.1, 0.15) is 32.4 Å². The summed E-state index contributed by atoms with van der Waals surface area (Å²) >= 11 is 0. The molecule has 0 bridgehead atoms. The number of nitriles is 1. The van der Waals surface area contributed by atoms with Crippen molar-refractivity contribution in [3.05, 3.63) is 48.1 Å². The summed E-state index contributed by atoms with van der Waals surface area (Å²) in [6.45, 7) is 4.21. The Labute approximate surface area is 125 Å². The minimum atomic E-state index is 0.234. The highest BCUT2D eigenvalue weighted by Crippen LogP contribution is 2.16. The van der Waals surface area contributed by atoms with Crippen LogP contribution in [0.3, 0.4) is 0 Å². The van der Waals surface area contributed by atoms with Gasteiger partial charge in [-0.2, -0.15) is 5.26 Å². The molecule has 1 aliphatic rings. The first-order valence-electron chi connectivity index (χ1n) is 7.08. The standard InChI is InChI=1S/C16H19N5/c1-3-6-12(2)20-16-19-10-8-15(21-16)13(11-17)14-7-4-5-9-18-14/h4-5,7-10,12H,3,6H2,1-2H3,(H2,19,20,21)/b15-13+. The number of rotatable bonds is 4. The van der Waals surface area contributed by atoms with Crippen LogP contribution in [-0.2, 0) is 0 Å². The Hall–Kier alpha value is -2.61. The molecule has 108 valence electrons. The minimum absolute atomic E-state index is 0.234. The number of nitrogens with one attached hydrogen (secondary N) is 2. The zero-order valence-corrected chi connectivity index (χ0v) is 12.3. The lowest BCUT2D eigenvalue weighted by Gasteiger charge is -2.18. The van der Waals surface area contributed by atoms with Gasteiger partial charge in [-0.05, 0) is 31.6 Å². The molecule has 0 saturated carbocycles. The first kappa shape index (κ1) is 14.8. The molecule has 0 radical (unpaired) electrons. The Bertz CT molecular complexity index is 607. The predicted molar refractivity (Wildman–Crippen MR) is 84.0 cm³/mol. The van der Waals surface area contributed by atoms with E-state index in [1.807, 2.05) is 24.3 Å². The van der Waals surface area contributed by atoms with E-state index in [1.54, 1.807) is 12.4 Å². The Morgan fingerprint density at radius 3 is 3.00 bits per heavy atom. The highest BCUT2D eigenvalue weighted by molar-refractivity contribution is 5.89. The zero-order valence-electron chi connectivity index (χ0n) is 12.3. The number of hydrogen-bond acceptors (Lipinski definition) is 3. The van der Waals surface area contributed by atoms with Gasteiger partial charge in [0.05, 0.1) is 17.4 Å². The normalized spacial score (nSPS) is 19.4. The summed E-state index contributed by atoms with van der Waals surface area (Å²) in [4.78, 5) is 8.79. The van der Waals surface area contributed by atoms with E-state index < -0.39 is 0 Å². The van der Waals surface area contributed by atoms with Crippen molar-refractivity contribution in [2.24, 2.45) is 4.99 Å². The molecule has 1 unspecified atom stereocenters. The van der Waals surface area contributed by atoms with Crippen LogP contribution in [0, 0.1) is 11.3 Å². The van der Waals surface area contributed by atoms with Crippen molar-refractivity contribution < 1.29 is 0 Å². The van der Waals surface area contributed by atoms with Crippen LogP contribution in [0.15, 0.2) is 47.4 Å². The van der Waals surface area contributed by atoms with E-state index in [0.717, 1.165) is 12.8 Å².